The van der Waals surface area contributed by atoms with Crippen LogP contribution in [0.5, 0.6) is 0 Å². The number of carboxylic acids is 1. The molecule has 0 aromatic heterocycles. The first-order valence-electron chi connectivity index (χ1n) is 5.38. The summed E-state index contributed by atoms with van der Waals surface area (Å²) in [6.07, 6.45) is 1.93. The Morgan fingerprint density at radius 3 is 2.81 bits per heavy atom. The van der Waals surface area contributed by atoms with Gasteiger partial charge in [0.05, 0.1) is 0 Å². The third-order valence-electron chi connectivity index (χ3n) is 2.41. The van der Waals surface area contributed by atoms with Crippen molar-refractivity contribution in [2.24, 2.45) is 0 Å². The van der Waals surface area contributed by atoms with E-state index in [0.717, 1.165) is 6.42 Å². The molecule has 16 heavy (non-hydrogen) atoms. The number of hydrogen-bond donors (Lipinski definition) is 3. The molecule has 0 aromatic rings. The molecule has 1 atom stereocenters. The Kier molecular flexibility index (Phi) is 4.75. The summed E-state index contributed by atoms with van der Waals surface area (Å²) >= 11 is 0. The molecule has 2 amide bonds. The maximum atomic E-state index is 11.4. The van der Waals surface area contributed by atoms with Gasteiger partial charge in [0.1, 0.15) is 6.04 Å². The van der Waals surface area contributed by atoms with Crippen LogP contribution in [-0.4, -0.2) is 35.5 Å². The minimum absolute atomic E-state index is 0.0235. The lowest BCUT2D eigenvalue weighted by atomic mass is 10.1. The number of carbonyl (C=O) groups excluding carboxylic acids is 2. The van der Waals surface area contributed by atoms with Crippen LogP contribution in [0.3, 0.4) is 0 Å². The van der Waals surface area contributed by atoms with Crippen LogP contribution in [0.1, 0.15) is 32.1 Å². The highest BCUT2D eigenvalue weighted by Gasteiger charge is 2.23. The topological polar surface area (TPSA) is 95.5 Å². The van der Waals surface area contributed by atoms with Gasteiger partial charge in [0.2, 0.25) is 11.8 Å². The van der Waals surface area contributed by atoms with Gasteiger partial charge in [-0.2, -0.15) is 0 Å². The normalized spacial score (nSPS) is 20.0. The summed E-state index contributed by atoms with van der Waals surface area (Å²) in [4.78, 5) is 32.9. The van der Waals surface area contributed by atoms with Crippen molar-refractivity contribution >= 4 is 17.8 Å². The zero-order chi connectivity index (χ0) is 12.0. The zero-order valence-electron chi connectivity index (χ0n) is 8.99. The minimum atomic E-state index is -0.914. The van der Waals surface area contributed by atoms with E-state index in [1.165, 1.54) is 0 Å². The van der Waals surface area contributed by atoms with Crippen LogP contribution in [0, 0.1) is 0 Å². The molecule has 6 heteroatoms. The molecule has 1 aliphatic heterocycles. The number of rotatable bonds is 5. The molecule has 0 radical (unpaired) electrons. The fourth-order valence-electron chi connectivity index (χ4n) is 1.58. The third kappa shape index (κ3) is 4.29. The molecule has 0 bridgehead atoms. The van der Waals surface area contributed by atoms with Crippen LogP contribution in [-0.2, 0) is 14.4 Å². The Hall–Kier alpha value is -1.59. The highest BCUT2D eigenvalue weighted by atomic mass is 16.4. The minimum Gasteiger partial charge on any atom is -0.481 e. The molecule has 1 aliphatic rings. The third-order valence-corrected chi connectivity index (χ3v) is 2.41. The molecule has 0 spiro atoms. The van der Waals surface area contributed by atoms with Gasteiger partial charge in [0.25, 0.3) is 0 Å². The molecule has 6 nitrogen and oxygen atoms in total. The van der Waals surface area contributed by atoms with E-state index in [1.807, 2.05) is 0 Å². The fraction of sp³-hybridized carbons (Fsp3) is 0.700. The molecular formula is C10H16N2O4. The predicted molar refractivity (Wildman–Crippen MR) is 55.7 cm³/mol. The van der Waals surface area contributed by atoms with E-state index in [4.69, 9.17) is 5.11 Å². The van der Waals surface area contributed by atoms with Crippen molar-refractivity contribution in [2.75, 3.05) is 6.54 Å². The maximum absolute atomic E-state index is 11.4. The largest absolute Gasteiger partial charge is 0.481 e. The van der Waals surface area contributed by atoms with Crippen LogP contribution < -0.4 is 10.6 Å². The number of amides is 2. The first-order chi connectivity index (χ1) is 7.59. The Bertz CT molecular complexity index is 291. The molecule has 1 fully saturated rings. The molecule has 1 heterocycles. The molecule has 3 N–H and O–H groups in total. The van der Waals surface area contributed by atoms with Gasteiger partial charge >= 0.3 is 5.97 Å². The lowest BCUT2D eigenvalue weighted by Crippen LogP contribution is -2.50. The van der Waals surface area contributed by atoms with Crippen molar-refractivity contribution in [2.45, 2.75) is 38.1 Å². The van der Waals surface area contributed by atoms with E-state index >= 15 is 0 Å². The van der Waals surface area contributed by atoms with Crippen molar-refractivity contribution in [3.05, 3.63) is 0 Å². The summed E-state index contributed by atoms with van der Waals surface area (Å²) in [5.74, 6) is -1.33. The summed E-state index contributed by atoms with van der Waals surface area (Å²) in [5.41, 5.74) is 0. The predicted octanol–water partition coefficient (Wildman–Crippen LogP) is -0.364. The second-order valence-electron chi connectivity index (χ2n) is 3.80. The Morgan fingerprint density at radius 2 is 2.19 bits per heavy atom. The van der Waals surface area contributed by atoms with Crippen LogP contribution >= 0.6 is 0 Å². The molecule has 0 saturated carbocycles. The SMILES string of the molecule is O=C(O)CCCC(=O)NC1CCCNC1=O. The van der Waals surface area contributed by atoms with Crippen molar-refractivity contribution in [3.63, 3.8) is 0 Å². The van der Waals surface area contributed by atoms with Gasteiger partial charge in [-0.15, -0.1) is 0 Å². The van der Waals surface area contributed by atoms with Gasteiger partial charge in [0.15, 0.2) is 0 Å². The van der Waals surface area contributed by atoms with Gasteiger partial charge in [-0.1, -0.05) is 0 Å². The average molecular weight is 228 g/mol. The van der Waals surface area contributed by atoms with Gasteiger partial charge in [-0.25, -0.2) is 0 Å². The maximum Gasteiger partial charge on any atom is 0.303 e. The molecule has 1 unspecified atom stereocenters. The second kappa shape index (κ2) is 6.09. The van der Waals surface area contributed by atoms with Crippen molar-refractivity contribution in [3.8, 4) is 0 Å². The molecular weight excluding hydrogens is 212 g/mol. The summed E-state index contributed by atoms with van der Waals surface area (Å²) in [6.45, 7) is 0.657. The zero-order valence-corrected chi connectivity index (χ0v) is 8.99. The van der Waals surface area contributed by atoms with Gasteiger partial charge in [-0.3, -0.25) is 14.4 Å². The molecule has 0 aromatic carbocycles. The molecule has 1 saturated heterocycles. The average Bonchev–Trinajstić information content (AvgIpc) is 2.21. The lowest BCUT2D eigenvalue weighted by molar-refractivity contribution is -0.137. The lowest BCUT2D eigenvalue weighted by Gasteiger charge is -2.22. The van der Waals surface area contributed by atoms with Crippen molar-refractivity contribution < 1.29 is 19.5 Å². The van der Waals surface area contributed by atoms with Gasteiger partial charge in [-0.05, 0) is 19.3 Å². The monoisotopic (exact) mass is 228 g/mol. The van der Waals surface area contributed by atoms with Crippen LogP contribution in [0.4, 0.5) is 0 Å². The number of carbonyl (C=O) groups is 3. The van der Waals surface area contributed by atoms with Gasteiger partial charge < -0.3 is 15.7 Å². The molecule has 90 valence electrons. The summed E-state index contributed by atoms with van der Waals surface area (Å²) in [7, 11) is 0. The quantitative estimate of drug-likeness (QED) is 0.598. The smallest absolute Gasteiger partial charge is 0.303 e. The Morgan fingerprint density at radius 1 is 1.44 bits per heavy atom. The number of piperidine rings is 1. The summed E-state index contributed by atoms with van der Waals surface area (Å²) < 4.78 is 0. The van der Waals surface area contributed by atoms with E-state index in [0.29, 0.717) is 19.4 Å². The van der Waals surface area contributed by atoms with E-state index in [1.54, 1.807) is 0 Å². The van der Waals surface area contributed by atoms with Crippen LogP contribution in [0.15, 0.2) is 0 Å². The van der Waals surface area contributed by atoms with Crippen LogP contribution in [0.2, 0.25) is 0 Å². The van der Waals surface area contributed by atoms with E-state index in [2.05, 4.69) is 10.6 Å². The first kappa shape index (κ1) is 12.5. The number of carboxylic acid groups (broad SMARTS) is 1. The highest BCUT2D eigenvalue weighted by molar-refractivity contribution is 5.88. The number of hydrogen-bond acceptors (Lipinski definition) is 3. The van der Waals surface area contributed by atoms with E-state index in [-0.39, 0.29) is 24.7 Å². The number of aliphatic carboxylic acids is 1. The molecule has 1 rings (SSSR count). The van der Waals surface area contributed by atoms with E-state index < -0.39 is 12.0 Å². The summed E-state index contributed by atoms with van der Waals surface area (Å²) in [5, 5.41) is 13.7. The first-order valence-corrected chi connectivity index (χ1v) is 5.38. The fourth-order valence-corrected chi connectivity index (χ4v) is 1.58. The standard InChI is InChI=1S/C10H16N2O4/c13-8(4-1-5-9(14)15)12-7-3-2-6-11-10(7)16/h7H,1-6H2,(H,11,16)(H,12,13)(H,14,15). The number of nitrogens with one attached hydrogen (secondary N) is 2. The van der Waals surface area contributed by atoms with Crippen LogP contribution in [0.25, 0.3) is 0 Å². The Balaban J connectivity index is 2.22. The van der Waals surface area contributed by atoms with Gasteiger partial charge in [0, 0.05) is 19.4 Å². The highest BCUT2D eigenvalue weighted by Crippen LogP contribution is 2.04. The van der Waals surface area contributed by atoms with Crippen molar-refractivity contribution in [1.29, 1.82) is 0 Å². The Labute approximate surface area is 93.4 Å². The second-order valence-corrected chi connectivity index (χ2v) is 3.80. The summed E-state index contributed by atoms with van der Waals surface area (Å²) in [6, 6.07) is -0.453. The van der Waals surface area contributed by atoms with Crippen molar-refractivity contribution in [1.82, 2.24) is 10.6 Å². The molecule has 0 aliphatic carbocycles. The van der Waals surface area contributed by atoms with E-state index in [9.17, 15) is 14.4 Å².